The standard InChI is InChI=1S/C28H35N7O3S/c1-19(2)39(36,37)25-9-7-6-8-22(25)29-27-26-23(12-13-34(26)4)31-28(32-27)30-21-11-10-20(18-24(21)38-5)35-16-14-33(3)15-17-35/h6-13,18-19H,14-17H2,1-5H3,(H2,29,30,31,32). The second-order valence-electron chi connectivity index (χ2n) is 10.1. The minimum Gasteiger partial charge on any atom is -0.494 e. The topological polar surface area (TPSA) is 105 Å². The van der Waals surface area contributed by atoms with E-state index in [1.54, 1.807) is 45.2 Å². The maximum atomic E-state index is 13.1. The number of aromatic nitrogens is 3. The number of nitrogens with zero attached hydrogens (tertiary/aromatic N) is 5. The van der Waals surface area contributed by atoms with Gasteiger partial charge in [-0.3, -0.25) is 0 Å². The van der Waals surface area contributed by atoms with Gasteiger partial charge < -0.3 is 29.7 Å². The van der Waals surface area contributed by atoms with Crippen molar-refractivity contribution < 1.29 is 13.2 Å². The van der Waals surface area contributed by atoms with Crippen LogP contribution in [-0.2, 0) is 16.9 Å². The van der Waals surface area contributed by atoms with Gasteiger partial charge in [-0.25, -0.2) is 13.4 Å². The molecule has 0 saturated carbocycles. The molecular weight excluding hydrogens is 514 g/mol. The van der Waals surface area contributed by atoms with Crippen molar-refractivity contribution in [1.29, 1.82) is 0 Å². The largest absolute Gasteiger partial charge is 0.494 e. The summed E-state index contributed by atoms with van der Waals surface area (Å²) < 4.78 is 33.7. The summed E-state index contributed by atoms with van der Waals surface area (Å²) in [5.74, 6) is 1.55. The van der Waals surface area contributed by atoms with Gasteiger partial charge in [0.25, 0.3) is 0 Å². The van der Waals surface area contributed by atoms with Crippen LogP contribution >= 0.6 is 0 Å². The minimum atomic E-state index is -3.51. The smallest absolute Gasteiger partial charge is 0.229 e. The first kappa shape index (κ1) is 26.8. The molecule has 39 heavy (non-hydrogen) atoms. The highest BCUT2D eigenvalue weighted by molar-refractivity contribution is 7.92. The van der Waals surface area contributed by atoms with E-state index in [1.807, 2.05) is 36.0 Å². The molecule has 11 heteroatoms. The van der Waals surface area contributed by atoms with Crippen molar-refractivity contribution in [3.8, 4) is 5.75 Å². The fourth-order valence-electron chi connectivity index (χ4n) is 4.70. The van der Waals surface area contributed by atoms with E-state index in [4.69, 9.17) is 14.7 Å². The van der Waals surface area contributed by atoms with Gasteiger partial charge in [0, 0.05) is 51.2 Å². The lowest BCUT2D eigenvalue weighted by Crippen LogP contribution is -2.44. The Balaban J connectivity index is 1.49. The Morgan fingerprint density at radius 3 is 2.38 bits per heavy atom. The normalized spacial score (nSPS) is 14.7. The Morgan fingerprint density at radius 2 is 1.67 bits per heavy atom. The molecule has 4 aromatic rings. The summed E-state index contributed by atoms with van der Waals surface area (Å²) in [4.78, 5) is 14.4. The van der Waals surface area contributed by atoms with Crippen molar-refractivity contribution in [3.05, 3.63) is 54.7 Å². The highest BCUT2D eigenvalue weighted by Crippen LogP contribution is 2.34. The van der Waals surface area contributed by atoms with E-state index in [-0.39, 0.29) is 4.90 Å². The minimum absolute atomic E-state index is 0.233. The zero-order valence-corrected chi connectivity index (χ0v) is 23.8. The Hall–Kier alpha value is -3.83. The molecule has 0 bridgehead atoms. The Labute approximate surface area is 229 Å². The van der Waals surface area contributed by atoms with Gasteiger partial charge in [-0.2, -0.15) is 4.98 Å². The highest BCUT2D eigenvalue weighted by atomic mass is 32.2. The third-order valence-electron chi connectivity index (χ3n) is 7.09. The van der Waals surface area contributed by atoms with Gasteiger partial charge in [-0.05, 0) is 51.2 Å². The van der Waals surface area contributed by atoms with Gasteiger partial charge in [0.2, 0.25) is 5.95 Å². The number of nitrogens with one attached hydrogen (secondary N) is 2. The molecule has 0 amide bonds. The van der Waals surface area contributed by atoms with Gasteiger partial charge in [-0.1, -0.05) is 12.1 Å². The Bertz CT molecular complexity index is 1590. The molecule has 206 valence electrons. The van der Waals surface area contributed by atoms with Crippen LogP contribution in [0, 0.1) is 0 Å². The second kappa shape index (κ2) is 10.7. The fourth-order valence-corrected chi connectivity index (χ4v) is 5.90. The van der Waals surface area contributed by atoms with E-state index in [9.17, 15) is 8.42 Å². The maximum absolute atomic E-state index is 13.1. The summed E-state index contributed by atoms with van der Waals surface area (Å²) in [7, 11) is 2.18. The number of piperazine rings is 1. The number of hydrogen-bond donors (Lipinski definition) is 2. The van der Waals surface area contributed by atoms with Gasteiger partial charge in [0.05, 0.1) is 34.1 Å². The van der Waals surface area contributed by atoms with Crippen LogP contribution in [0.3, 0.4) is 0 Å². The van der Waals surface area contributed by atoms with E-state index < -0.39 is 15.1 Å². The Kier molecular flexibility index (Phi) is 7.37. The zero-order chi connectivity index (χ0) is 27.7. The van der Waals surface area contributed by atoms with Gasteiger partial charge in [0.15, 0.2) is 15.7 Å². The highest BCUT2D eigenvalue weighted by Gasteiger charge is 2.24. The van der Waals surface area contributed by atoms with Gasteiger partial charge in [0.1, 0.15) is 11.3 Å². The molecule has 1 aliphatic heterocycles. The molecular formula is C28H35N7O3S. The summed E-state index contributed by atoms with van der Waals surface area (Å²) >= 11 is 0. The number of methoxy groups -OCH3 is 1. The molecule has 0 atom stereocenters. The molecule has 2 aromatic heterocycles. The molecule has 2 aromatic carbocycles. The van der Waals surface area contributed by atoms with Crippen LogP contribution < -0.4 is 20.3 Å². The van der Waals surface area contributed by atoms with E-state index in [2.05, 4.69) is 33.5 Å². The quantitative estimate of drug-likeness (QED) is 0.331. The van der Waals surface area contributed by atoms with Crippen LogP contribution in [-0.4, -0.2) is 73.4 Å². The first-order valence-electron chi connectivity index (χ1n) is 13.0. The first-order chi connectivity index (χ1) is 18.7. The number of likely N-dealkylation sites (N-methyl/N-ethyl adjacent to an activating group) is 1. The number of benzene rings is 2. The third kappa shape index (κ3) is 5.37. The lowest BCUT2D eigenvalue weighted by molar-refractivity contribution is 0.312. The SMILES string of the molecule is COc1cc(N2CCN(C)CC2)ccc1Nc1nc(Nc2ccccc2S(=O)(=O)C(C)C)c2c(ccn2C)n1. The average Bonchev–Trinajstić information content (AvgIpc) is 3.30. The summed E-state index contributed by atoms with van der Waals surface area (Å²) in [5.41, 5.74) is 3.78. The van der Waals surface area contributed by atoms with E-state index in [0.717, 1.165) is 48.6 Å². The van der Waals surface area contributed by atoms with Crippen LogP contribution in [0.25, 0.3) is 11.0 Å². The summed E-state index contributed by atoms with van der Waals surface area (Å²) in [6, 6.07) is 14.9. The number of hydrogen-bond acceptors (Lipinski definition) is 9. The van der Waals surface area contributed by atoms with Crippen LogP contribution in [0.4, 0.5) is 28.8 Å². The summed E-state index contributed by atoms with van der Waals surface area (Å²) in [5, 5.41) is 6.03. The first-order valence-corrected chi connectivity index (χ1v) is 14.5. The van der Waals surface area contributed by atoms with Gasteiger partial charge >= 0.3 is 0 Å². The number of ether oxygens (including phenoxy) is 1. The molecule has 1 aliphatic rings. The molecule has 1 fully saturated rings. The van der Waals surface area contributed by atoms with Crippen molar-refractivity contribution in [3.63, 3.8) is 0 Å². The predicted molar refractivity (Wildman–Crippen MR) is 157 cm³/mol. The molecule has 3 heterocycles. The van der Waals surface area contributed by atoms with Crippen molar-refractivity contribution in [1.82, 2.24) is 19.4 Å². The van der Waals surface area contributed by atoms with Crippen LogP contribution in [0.5, 0.6) is 5.75 Å². The van der Waals surface area contributed by atoms with E-state index in [0.29, 0.717) is 23.2 Å². The lowest BCUT2D eigenvalue weighted by Gasteiger charge is -2.34. The number of rotatable bonds is 8. The molecule has 0 radical (unpaired) electrons. The fraction of sp³-hybridized carbons (Fsp3) is 0.357. The lowest BCUT2D eigenvalue weighted by atomic mass is 10.2. The zero-order valence-electron chi connectivity index (χ0n) is 23.0. The summed E-state index contributed by atoms with van der Waals surface area (Å²) in [6.07, 6.45) is 1.90. The predicted octanol–water partition coefficient (Wildman–Crippen LogP) is 4.40. The second-order valence-corrected chi connectivity index (χ2v) is 12.5. The van der Waals surface area contributed by atoms with Crippen LogP contribution in [0.2, 0.25) is 0 Å². The molecule has 0 aliphatic carbocycles. The van der Waals surface area contributed by atoms with Gasteiger partial charge in [-0.15, -0.1) is 0 Å². The van der Waals surface area contributed by atoms with Crippen molar-refractivity contribution in [2.24, 2.45) is 7.05 Å². The molecule has 10 nitrogen and oxygen atoms in total. The van der Waals surface area contributed by atoms with Crippen molar-refractivity contribution in [2.45, 2.75) is 24.0 Å². The molecule has 2 N–H and O–H groups in total. The van der Waals surface area contributed by atoms with E-state index >= 15 is 0 Å². The van der Waals surface area contributed by atoms with Crippen LogP contribution in [0.1, 0.15) is 13.8 Å². The average molecular weight is 550 g/mol. The number of aryl methyl sites for hydroxylation is 1. The van der Waals surface area contributed by atoms with Crippen molar-refractivity contribution in [2.75, 3.05) is 55.9 Å². The molecule has 0 spiro atoms. The van der Waals surface area contributed by atoms with Crippen LogP contribution in [0.15, 0.2) is 59.6 Å². The van der Waals surface area contributed by atoms with Crippen molar-refractivity contribution >= 4 is 49.7 Å². The monoisotopic (exact) mass is 549 g/mol. The number of fused-ring (bicyclic) bond motifs is 1. The number of anilines is 5. The van der Waals surface area contributed by atoms with E-state index in [1.165, 1.54) is 0 Å². The third-order valence-corrected chi connectivity index (χ3v) is 9.30. The summed E-state index contributed by atoms with van der Waals surface area (Å²) in [6.45, 7) is 7.31. The number of sulfone groups is 1. The number of para-hydroxylation sites is 1. The molecule has 5 rings (SSSR count). The molecule has 0 unspecified atom stereocenters. The maximum Gasteiger partial charge on any atom is 0.229 e. The molecule has 1 saturated heterocycles. The Morgan fingerprint density at radius 1 is 0.923 bits per heavy atom.